The first kappa shape index (κ1) is 11.9. The second-order valence-corrected chi connectivity index (χ2v) is 3.01. The first-order valence-corrected chi connectivity index (χ1v) is 5.30. The lowest BCUT2D eigenvalue weighted by Gasteiger charge is -2.25. The third-order valence-corrected chi connectivity index (χ3v) is 2.13. The number of nitrogens with one attached hydrogen (secondary N) is 1. The molecular weight excluding hydrogens is 148 g/mol. The second-order valence-electron chi connectivity index (χ2n) is 3.01. The Morgan fingerprint density at radius 3 is 2.25 bits per heavy atom. The van der Waals surface area contributed by atoms with E-state index in [0.717, 1.165) is 6.54 Å². The van der Waals surface area contributed by atoms with Gasteiger partial charge in [-0.1, -0.05) is 20.3 Å². The van der Waals surface area contributed by atoms with Gasteiger partial charge in [0.15, 0.2) is 0 Å². The Bertz CT molecular complexity index is 83.0. The maximum absolute atomic E-state index is 3.17. The number of nitrogens with zero attached hydrogens (tertiary/aromatic N) is 1. The third-order valence-electron chi connectivity index (χ3n) is 2.13. The fourth-order valence-electron chi connectivity index (χ4n) is 1.45. The van der Waals surface area contributed by atoms with Gasteiger partial charge in [-0.2, -0.15) is 0 Å². The molecule has 1 N–H and O–H groups in total. The van der Waals surface area contributed by atoms with Gasteiger partial charge in [0.05, 0.1) is 0 Å². The molecule has 1 aliphatic rings. The van der Waals surface area contributed by atoms with Crippen LogP contribution in [0, 0.1) is 0 Å². The minimum Gasteiger partial charge on any atom is -0.318 e. The summed E-state index contributed by atoms with van der Waals surface area (Å²) in [5.41, 5.74) is 0. The third kappa shape index (κ3) is 5.56. The van der Waals surface area contributed by atoms with Crippen LogP contribution >= 0.6 is 0 Å². The molecule has 0 aromatic heterocycles. The van der Waals surface area contributed by atoms with E-state index in [2.05, 4.69) is 10.2 Å². The number of likely N-dealkylation sites (tertiary alicyclic amines) is 1. The molecule has 0 bridgehead atoms. The average Bonchev–Trinajstić information content (AvgIpc) is 2.19. The Hall–Kier alpha value is -0.0800. The number of likely N-dealkylation sites (N-methyl/N-ethyl adjacent to an activating group) is 1. The summed E-state index contributed by atoms with van der Waals surface area (Å²) in [6.07, 6.45) is 4.25. The van der Waals surface area contributed by atoms with Gasteiger partial charge in [-0.25, -0.2) is 0 Å². The lowest BCUT2D eigenvalue weighted by molar-refractivity contribution is 0.231. The average molecular weight is 174 g/mol. The summed E-state index contributed by atoms with van der Waals surface area (Å²) in [4.78, 5) is 2.54. The first-order valence-electron chi connectivity index (χ1n) is 5.30. The van der Waals surface area contributed by atoms with Crippen LogP contribution in [0.25, 0.3) is 0 Å². The fourth-order valence-corrected chi connectivity index (χ4v) is 1.45. The summed E-state index contributed by atoms with van der Waals surface area (Å²) in [5.74, 6) is 0. The molecule has 0 aromatic carbocycles. The molecule has 1 fully saturated rings. The Morgan fingerprint density at radius 1 is 1.17 bits per heavy atom. The minimum absolute atomic E-state index is 0. The fraction of sp³-hybridized carbons (Fsp3) is 1.00. The summed E-state index contributed by atoms with van der Waals surface area (Å²) in [7, 11) is 2.02. The number of hydrogen-bond donors (Lipinski definition) is 1. The van der Waals surface area contributed by atoms with Crippen LogP contribution in [-0.2, 0) is 0 Å². The zero-order valence-electron chi connectivity index (χ0n) is 8.90. The molecule has 0 saturated carbocycles. The van der Waals surface area contributed by atoms with E-state index in [1.54, 1.807) is 0 Å². The van der Waals surface area contributed by atoms with Crippen LogP contribution in [0.5, 0.6) is 0 Å². The lowest BCUT2D eigenvalue weighted by Crippen LogP contribution is -2.34. The Labute approximate surface area is 78.8 Å². The molecule has 76 valence electrons. The van der Waals surface area contributed by atoms with Crippen molar-refractivity contribution < 1.29 is 1.43 Å². The maximum Gasteiger partial charge on any atom is 0.0107 e. The van der Waals surface area contributed by atoms with Gasteiger partial charge in [0.1, 0.15) is 0 Å². The highest BCUT2D eigenvalue weighted by molar-refractivity contribution is 4.64. The minimum atomic E-state index is 0. The van der Waals surface area contributed by atoms with Crippen LogP contribution in [0.2, 0.25) is 0 Å². The standard InChI is InChI=1S/C8H18N2.C2H6.H2/c1-9-5-8-10-6-3-2-4-7-10;1-2;/h9H,2-8H2,1H3;1-2H3;1H. The molecule has 1 heterocycles. The van der Waals surface area contributed by atoms with E-state index in [9.17, 15) is 0 Å². The van der Waals surface area contributed by atoms with E-state index >= 15 is 0 Å². The van der Waals surface area contributed by atoms with Crippen LogP contribution in [0.3, 0.4) is 0 Å². The topological polar surface area (TPSA) is 15.3 Å². The van der Waals surface area contributed by atoms with Crippen molar-refractivity contribution in [1.82, 2.24) is 10.2 Å². The molecule has 0 unspecified atom stereocenters. The van der Waals surface area contributed by atoms with Crippen molar-refractivity contribution in [3.8, 4) is 0 Å². The number of rotatable bonds is 3. The molecule has 0 aliphatic carbocycles. The summed E-state index contributed by atoms with van der Waals surface area (Å²) in [6, 6.07) is 0. The summed E-state index contributed by atoms with van der Waals surface area (Å²) >= 11 is 0. The molecule has 2 nitrogen and oxygen atoms in total. The van der Waals surface area contributed by atoms with Crippen LogP contribution in [-0.4, -0.2) is 38.1 Å². The van der Waals surface area contributed by atoms with E-state index in [1.165, 1.54) is 38.9 Å². The number of hydrogen-bond acceptors (Lipinski definition) is 2. The van der Waals surface area contributed by atoms with Crippen LogP contribution in [0.15, 0.2) is 0 Å². The quantitative estimate of drug-likeness (QED) is 0.703. The van der Waals surface area contributed by atoms with Crippen molar-refractivity contribution >= 4 is 0 Å². The van der Waals surface area contributed by atoms with Gasteiger partial charge < -0.3 is 10.2 Å². The zero-order valence-corrected chi connectivity index (χ0v) is 8.90. The molecule has 0 aromatic rings. The molecule has 0 atom stereocenters. The highest BCUT2D eigenvalue weighted by Crippen LogP contribution is 2.06. The van der Waals surface area contributed by atoms with Crippen molar-refractivity contribution in [2.45, 2.75) is 33.1 Å². The molecule has 2 heteroatoms. The SMILES string of the molecule is CC.CNCCN1CCCCC1.[HH]. The summed E-state index contributed by atoms with van der Waals surface area (Å²) in [5, 5.41) is 3.17. The smallest absolute Gasteiger partial charge is 0.0107 e. The van der Waals surface area contributed by atoms with Crippen molar-refractivity contribution in [3.05, 3.63) is 0 Å². The van der Waals surface area contributed by atoms with Crippen molar-refractivity contribution in [2.75, 3.05) is 33.2 Å². The van der Waals surface area contributed by atoms with Crippen molar-refractivity contribution in [1.29, 1.82) is 0 Å². The van der Waals surface area contributed by atoms with Crippen molar-refractivity contribution in [3.63, 3.8) is 0 Å². The molecule has 1 rings (SSSR count). The van der Waals surface area contributed by atoms with Crippen LogP contribution in [0.1, 0.15) is 34.5 Å². The normalized spacial score (nSPS) is 18.2. The molecule has 0 spiro atoms. The van der Waals surface area contributed by atoms with Gasteiger partial charge in [0.25, 0.3) is 0 Å². The predicted octanol–water partition coefficient (Wildman–Crippen LogP) is 1.96. The predicted molar refractivity (Wildman–Crippen MR) is 57.7 cm³/mol. The first-order chi connectivity index (χ1) is 5.93. The van der Waals surface area contributed by atoms with Gasteiger partial charge in [-0.05, 0) is 33.0 Å². The Kier molecular flexibility index (Phi) is 8.95. The molecule has 12 heavy (non-hydrogen) atoms. The molecular formula is C10H26N2. The van der Waals surface area contributed by atoms with Gasteiger partial charge >= 0.3 is 0 Å². The Morgan fingerprint density at radius 2 is 1.75 bits per heavy atom. The highest BCUT2D eigenvalue weighted by atomic mass is 15.1. The van der Waals surface area contributed by atoms with E-state index < -0.39 is 0 Å². The van der Waals surface area contributed by atoms with E-state index in [0.29, 0.717) is 0 Å². The van der Waals surface area contributed by atoms with Gasteiger partial charge in [0, 0.05) is 14.5 Å². The zero-order chi connectivity index (χ0) is 9.23. The van der Waals surface area contributed by atoms with Crippen LogP contribution in [0.4, 0.5) is 0 Å². The van der Waals surface area contributed by atoms with Gasteiger partial charge in [-0.3, -0.25) is 0 Å². The lowest BCUT2D eigenvalue weighted by atomic mass is 10.1. The summed E-state index contributed by atoms with van der Waals surface area (Å²) in [6.45, 7) is 9.01. The largest absolute Gasteiger partial charge is 0.318 e. The van der Waals surface area contributed by atoms with Crippen LogP contribution < -0.4 is 5.32 Å². The van der Waals surface area contributed by atoms with E-state index in [-0.39, 0.29) is 1.43 Å². The highest BCUT2D eigenvalue weighted by Gasteiger charge is 2.07. The molecule has 0 radical (unpaired) electrons. The van der Waals surface area contributed by atoms with Gasteiger partial charge in [-0.15, -0.1) is 0 Å². The number of piperidine rings is 1. The van der Waals surface area contributed by atoms with E-state index in [1.807, 2.05) is 20.9 Å². The summed E-state index contributed by atoms with van der Waals surface area (Å²) < 4.78 is 0. The molecule has 0 amide bonds. The van der Waals surface area contributed by atoms with Gasteiger partial charge in [0.2, 0.25) is 0 Å². The maximum atomic E-state index is 3.17. The van der Waals surface area contributed by atoms with Crippen molar-refractivity contribution in [2.24, 2.45) is 0 Å². The molecule has 1 saturated heterocycles. The second kappa shape index (κ2) is 9.01. The monoisotopic (exact) mass is 174 g/mol. The van der Waals surface area contributed by atoms with E-state index in [4.69, 9.17) is 0 Å². The Balaban J connectivity index is 0. The molecule has 1 aliphatic heterocycles.